The lowest BCUT2D eigenvalue weighted by Crippen LogP contribution is -2.25. The summed E-state index contributed by atoms with van der Waals surface area (Å²) in [5, 5.41) is 2.67. The van der Waals surface area contributed by atoms with Crippen molar-refractivity contribution in [3.8, 4) is 11.1 Å². The van der Waals surface area contributed by atoms with Crippen LogP contribution < -0.4 is 5.56 Å². The molecular weight excluding hydrogens is 332 g/mol. The number of nitrogens with zero attached hydrogens (tertiary/aromatic N) is 2. The summed E-state index contributed by atoms with van der Waals surface area (Å²) in [5.41, 5.74) is 4.36. The van der Waals surface area contributed by atoms with Crippen LogP contribution in [0.2, 0.25) is 0 Å². The van der Waals surface area contributed by atoms with E-state index in [-0.39, 0.29) is 11.3 Å². The molecule has 5 heteroatoms. The predicted molar refractivity (Wildman–Crippen MR) is 103 cm³/mol. The minimum atomic E-state index is -0.0439. The molecular formula is C20H22N2O2S. The first-order chi connectivity index (χ1) is 11.9. The third-order valence-electron chi connectivity index (χ3n) is 4.59. The number of benzene rings is 1. The van der Waals surface area contributed by atoms with Gasteiger partial charge >= 0.3 is 0 Å². The van der Waals surface area contributed by atoms with Gasteiger partial charge in [0, 0.05) is 30.3 Å². The zero-order valence-corrected chi connectivity index (χ0v) is 15.9. The van der Waals surface area contributed by atoms with Crippen molar-refractivity contribution in [1.29, 1.82) is 0 Å². The number of hydrogen-bond donors (Lipinski definition) is 0. The zero-order valence-electron chi connectivity index (χ0n) is 15.0. The Bertz CT molecular complexity index is 1010. The maximum absolute atomic E-state index is 13.1. The summed E-state index contributed by atoms with van der Waals surface area (Å²) in [6, 6.07) is 6.25. The highest BCUT2D eigenvalue weighted by atomic mass is 32.1. The smallest absolute Gasteiger partial charge is 0.262 e. The van der Waals surface area contributed by atoms with Crippen LogP contribution in [0.25, 0.3) is 21.3 Å². The van der Waals surface area contributed by atoms with E-state index in [1.807, 2.05) is 12.3 Å². The fourth-order valence-electron chi connectivity index (χ4n) is 2.96. The molecule has 3 rings (SSSR count). The fourth-order valence-corrected chi connectivity index (χ4v) is 3.91. The molecule has 0 amide bonds. The minimum Gasteiger partial charge on any atom is -0.300 e. The predicted octanol–water partition coefficient (Wildman–Crippen LogP) is 4.28. The Hall–Kier alpha value is -2.27. The molecule has 0 radical (unpaired) electrons. The highest BCUT2D eigenvalue weighted by Crippen LogP contribution is 2.32. The van der Waals surface area contributed by atoms with E-state index in [1.165, 1.54) is 22.5 Å². The second-order valence-electron chi connectivity index (χ2n) is 6.42. The normalized spacial score (nSPS) is 11.2. The molecule has 0 aliphatic carbocycles. The number of hydrogen-bond acceptors (Lipinski definition) is 4. The molecule has 25 heavy (non-hydrogen) atoms. The average molecular weight is 354 g/mol. The highest BCUT2D eigenvalue weighted by molar-refractivity contribution is 7.17. The molecule has 0 aliphatic rings. The SMILES string of the molecule is CCc1nc2scc(-c3ccc(C)c(C)c3)c2c(=O)n1CCC(C)=O. The second-order valence-corrected chi connectivity index (χ2v) is 7.28. The van der Waals surface area contributed by atoms with Crippen molar-refractivity contribution in [2.24, 2.45) is 0 Å². The maximum Gasteiger partial charge on any atom is 0.262 e. The van der Waals surface area contributed by atoms with Crippen molar-refractivity contribution in [3.05, 3.63) is 50.9 Å². The van der Waals surface area contributed by atoms with Crippen molar-refractivity contribution in [3.63, 3.8) is 0 Å². The van der Waals surface area contributed by atoms with Gasteiger partial charge in [0.1, 0.15) is 16.4 Å². The number of aromatic nitrogens is 2. The van der Waals surface area contributed by atoms with E-state index in [0.717, 1.165) is 21.8 Å². The van der Waals surface area contributed by atoms with Gasteiger partial charge in [0.05, 0.1) is 5.39 Å². The Morgan fingerprint density at radius 2 is 2.00 bits per heavy atom. The molecule has 4 nitrogen and oxygen atoms in total. The number of thiophene rings is 1. The lowest BCUT2D eigenvalue weighted by atomic mass is 10.0. The first kappa shape index (κ1) is 17.5. The Kier molecular flexibility index (Phi) is 4.86. The van der Waals surface area contributed by atoms with Crippen molar-refractivity contribution >= 4 is 27.3 Å². The molecule has 0 N–H and O–H groups in total. The summed E-state index contributed by atoms with van der Waals surface area (Å²) >= 11 is 1.50. The van der Waals surface area contributed by atoms with Gasteiger partial charge in [0.15, 0.2) is 0 Å². The molecule has 2 heterocycles. The van der Waals surface area contributed by atoms with E-state index in [0.29, 0.717) is 24.8 Å². The molecule has 0 spiro atoms. The Labute approximate surface area is 151 Å². The van der Waals surface area contributed by atoms with Gasteiger partial charge in [-0.25, -0.2) is 4.98 Å². The summed E-state index contributed by atoms with van der Waals surface area (Å²) in [5.74, 6) is 0.820. The summed E-state index contributed by atoms with van der Waals surface area (Å²) in [7, 11) is 0. The van der Waals surface area contributed by atoms with Gasteiger partial charge in [-0.05, 0) is 37.5 Å². The number of carbonyl (C=O) groups is 1. The van der Waals surface area contributed by atoms with Crippen LogP contribution in [0.15, 0.2) is 28.4 Å². The van der Waals surface area contributed by atoms with Gasteiger partial charge in [0.2, 0.25) is 0 Å². The van der Waals surface area contributed by atoms with Crippen LogP contribution in [0, 0.1) is 13.8 Å². The Morgan fingerprint density at radius 1 is 1.24 bits per heavy atom. The highest BCUT2D eigenvalue weighted by Gasteiger charge is 2.17. The number of Topliss-reactive ketones (excluding diaryl/α,β-unsaturated/α-hetero) is 1. The van der Waals surface area contributed by atoms with E-state index in [4.69, 9.17) is 0 Å². The lowest BCUT2D eigenvalue weighted by Gasteiger charge is -2.11. The summed E-state index contributed by atoms with van der Waals surface area (Å²) in [6.45, 7) is 8.08. The van der Waals surface area contributed by atoms with E-state index in [1.54, 1.807) is 11.5 Å². The Balaban J connectivity index is 2.22. The van der Waals surface area contributed by atoms with Crippen LogP contribution >= 0.6 is 11.3 Å². The third-order valence-corrected chi connectivity index (χ3v) is 5.47. The number of ketones is 1. The second kappa shape index (κ2) is 6.92. The molecule has 0 fully saturated rings. The van der Waals surface area contributed by atoms with Gasteiger partial charge in [-0.1, -0.05) is 25.1 Å². The molecule has 0 unspecified atom stereocenters. The summed E-state index contributed by atoms with van der Waals surface area (Å²) < 4.78 is 1.67. The van der Waals surface area contributed by atoms with Crippen LogP contribution in [0.4, 0.5) is 0 Å². The van der Waals surface area contributed by atoms with Crippen LogP contribution in [-0.2, 0) is 17.8 Å². The van der Waals surface area contributed by atoms with E-state index in [2.05, 4.69) is 37.0 Å². The number of fused-ring (bicyclic) bond motifs is 1. The van der Waals surface area contributed by atoms with E-state index >= 15 is 0 Å². The molecule has 1 aromatic carbocycles. The standard InChI is InChI=1S/C20H22N2O2S/c1-5-17-21-19-18(20(24)22(17)9-8-14(4)23)16(11-25-19)15-7-6-12(2)13(3)10-15/h6-7,10-11H,5,8-9H2,1-4H3. The summed E-state index contributed by atoms with van der Waals surface area (Å²) in [6.07, 6.45) is 1.02. The van der Waals surface area contributed by atoms with Crippen LogP contribution in [0.3, 0.4) is 0 Å². The first-order valence-electron chi connectivity index (χ1n) is 8.50. The van der Waals surface area contributed by atoms with Crippen molar-refractivity contribution < 1.29 is 4.79 Å². The van der Waals surface area contributed by atoms with E-state index < -0.39 is 0 Å². The molecule has 130 valence electrons. The molecule has 0 bridgehead atoms. The van der Waals surface area contributed by atoms with Crippen molar-refractivity contribution in [2.75, 3.05) is 0 Å². The lowest BCUT2D eigenvalue weighted by molar-refractivity contribution is -0.117. The molecule has 2 aromatic heterocycles. The monoisotopic (exact) mass is 354 g/mol. The van der Waals surface area contributed by atoms with Crippen molar-refractivity contribution in [1.82, 2.24) is 9.55 Å². The number of rotatable bonds is 5. The van der Waals surface area contributed by atoms with Gasteiger partial charge in [-0.2, -0.15) is 0 Å². The van der Waals surface area contributed by atoms with Crippen LogP contribution in [0.1, 0.15) is 37.2 Å². The largest absolute Gasteiger partial charge is 0.300 e. The number of aryl methyl sites for hydroxylation is 3. The molecule has 0 aliphatic heterocycles. The van der Waals surface area contributed by atoms with Gasteiger partial charge in [-0.15, -0.1) is 11.3 Å². The van der Waals surface area contributed by atoms with Crippen LogP contribution in [0.5, 0.6) is 0 Å². The maximum atomic E-state index is 13.1. The molecule has 0 saturated carbocycles. The van der Waals surface area contributed by atoms with Gasteiger partial charge in [0.25, 0.3) is 5.56 Å². The third kappa shape index (κ3) is 3.29. The van der Waals surface area contributed by atoms with Gasteiger partial charge in [-0.3, -0.25) is 14.2 Å². The molecule has 0 saturated heterocycles. The topological polar surface area (TPSA) is 52.0 Å². The molecule has 0 atom stereocenters. The minimum absolute atomic E-state index is 0.0439. The van der Waals surface area contributed by atoms with Gasteiger partial charge < -0.3 is 0 Å². The van der Waals surface area contributed by atoms with Crippen molar-refractivity contribution in [2.45, 2.75) is 47.1 Å². The molecule has 3 aromatic rings. The quantitative estimate of drug-likeness (QED) is 0.687. The summed E-state index contributed by atoms with van der Waals surface area (Å²) in [4.78, 5) is 30.0. The zero-order chi connectivity index (χ0) is 18.1. The van der Waals surface area contributed by atoms with Crippen LogP contribution in [-0.4, -0.2) is 15.3 Å². The van der Waals surface area contributed by atoms with E-state index in [9.17, 15) is 9.59 Å². The fraction of sp³-hybridized carbons (Fsp3) is 0.350. The number of carbonyl (C=O) groups excluding carboxylic acids is 1. The first-order valence-corrected chi connectivity index (χ1v) is 9.38. The Morgan fingerprint density at radius 3 is 2.64 bits per heavy atom. The average Bonchev–Trinajstić information content (AvgIpc) is 3.00.